The summed E-state index contributed by atoms with van der Waals surface area (Å²) in [5.41, 5.74) is -0.576. The summed E-state index contributed by atoms with van der Waals surface area (Å²) in [6.07, 6.45) is -5.05. The third-order valence-electron chi connectivity index (χ3n) is 3.74. The smallest absolute Gasteiger partial charge is 0.380 e. The van der Waals surface area contributed by atoms with Crippen LogP contribution in [0.2, 0.25) is 0 Å². The van der Waals surface area contributed by atoms with Gasteiger partial charge in [0.25, 0.3) is 0 Å². The van der Waals surface area contributed by atoms with Crippen molar-refractivity contribution in [2.24, 2.45) is 0 Å². The second-order valence-corrected chi connectivity index (χ2v) is 5.49. The van der Waals surface area contributed by atoms with Gasteiger partial charge in [-0.25, -0.2) is 14.1 Å². The van der Waals surface area contributed by atoms with E-state index in [4.69, 9.17) is 0 Å². The number of aliphatic hydroxyl groups is 1. The molecule has 5 nitrogen and oxygen atoms in total. The molecule has 0 amide bonds. The first-order chi connectivity index (χ1) is 12.3. The lowest BCUT2D eigenvalue weighted by molar-refractivity contribution is -0.141. The van der Waals surface area contributed by atoms with E-state index in [1.54, 1.807) is 6.92 Å². The van der Waals surface area contributed by atoms with Crippen molar-refractivity contribution in [2.45, 2.75) is 25.7 Å². The van der Waals surface area contributed by atoms with E-state index in [0.717, 1.165) is 12.3 Å². The highest BCUT2D eigenvalue weighted by molar-refractivity contribution is 5.54. The second-order valence-electron chi connectivity index (χ2n) is 5.49. The fraction of sp³-hybridized carbons (Fsp3) is 0.235. The molecule has 0 bridgehead atoms. The van der Waals surface area contributed by atoms with Crippen molar-refractivity contribution >= 4 is 0 Å². The summed E-state index contributed by atoms with van der Waals surface area (Å²) in [5, 5.41) is 14.8. The first-order valence-corrected chi connectivity index (χ1v) is 7.71. The monoisotopic (exact) mass is 366 g/mol. The van der Waals surface area contributed by atoms with Gasteiger partial charge in [0.05, 0.1) is 0 Å². The molecule has 3 aromatic rings. The van der Waals surface area contributed by atoms with Gasteiger partial charge in [-0.1, -0.05) is 0 Å². The zero-order valence-electron chi connectivity index (χ0n) is 13.6. The third-order valence-corrected chi connectivity index (χ3v) is 3.74. The van der Waals surface area contributed by atoms with E-state index in [1.807, 2.05) is 0 Å². The first kappa shape index (κ1) is 18.0. The van der Waals surface area contributed by atoms with Crippen molar-refractivity contribution in [2.75, 3.05) is 0 Å². The Morgan fingerprint density at radius 3 is 2.46 bits per heavy atom. The Morgan fingerprint density at radius 2 is 1.85 bits per heavy atom. The Labute approximate surface area is 146 Å². The Bertz CT molecular complexity index is 906. The number of alkyl halides is 3. The molecule has 3 rings (SSSR count). The Hall–Kier alpha value is -2.81. The molecule has 1 N–H and O–H groups in total. The molecule has 1 atom stereocenters. The maximum Gasteiger partial charge on any atom is 0.433 e. The number of aliphatic hydroxyl groups excluding tert-OH is 1. The van der Waals surface area contributed by atoms with E-state index in [-0.39, 0.29) is 17.2 Å². The first-order valence-electron chi connectivity index (χ1n) is 7.71. The summed E-state index contributed by atoms with van der Waals surface area (Å²) >= 11 is 0. The number of hydrogen-bond acceptors (Lipinski definition) is 4. The quantitative estimate of drug-likeness (QED) is 0.717. The minimum atomic E-state index is -4.62. The van der Waals surface area contributed by atoms with Crippen LogP contribution >= 0.6 is 0 Å². The molecular weight excluding hydrogens is 352 g/mol. The maximum atomic E-state index is 13.1. The van der Waals surface area contributed by atoms with Gasteiger partial charge in [-0.3, -0.25) is 4.98 Å². The summed E-state index contributed by atoms with van der Waals surface area (Å²) in [4.78, 5) is 7.50. The molecule has 0 fully saturated rings. The topological polar surface area (TPSA) is 63.8 Å². The van der Waals surface area contributed by atoms with E-state index in [0.29, 0.717) is 12.1 Å². The van der Waals surface area contributed by atoms with Crippen LogP contribution in [0.3, 0.4) is 0 Å². The van der Waals surface area contributed by atoms with Gasteiger partial charge in [0.1, 0.15) is 17.6 Å². The molecule has 136 valence electrons. The standard InChI is InChI=1S/C17H14F4N4O/c1-2-25-16(23-15(24-25)10-3-5-12(18)6-4-10)14(26)11-7-8-22-13(9-11)17(19,20)21/h3-9,14,26H,2H2,1H3. The summed E-state index contributed by atoms with van der Waals surface area (Å²) in [6, 6.07) is 7.51. The highest BCUT2D eigenvalue weighted by Gasteiger charge is 2.33. The molecular formula is C17H14F4N4O. The average Bonchev–Trinajstić information content (AvgIpc) is 3.05. The average molecular weight is 366 g/mol. The molecule has 9 heteroatoms. The van der Waals surface area contributed by atoms with Gasteiger partial charge in [0, 0.05) is 18.3 Å². The van der Waals surface area contributed by atoms with E-state index in [1.165, 1.54) is 35.0 Å². The predicted molar refractivity (Wildman–Crippen MR) is 84.4 cm³/mol. The molecule has 0 aliphatic carbocycles. The molecule has 1 aromatic carbocycles. The number of pyridine rings is 1. The van der Waals surface area contributed by atoms with Gasteiger partial charge < -0.3 is 5.11 Å². The molecule has 2 heterocycles. The fourth-order valence-electron chi connectivity index (χ4n) is 2.43. The van der Waals surface area contributed by atoms with Crippen LogP contribution in [0.1, 0.15) is 30.1 Å². The number of aryl methyl sites for hydroxylation is 1. The summed E-state index contributed by atoms with van der Waals surface area (Å²) in [5.74, 6) is -0.0856. The molecule has 0 saturated heterocycles. The fourth-order valence-corrected chi connectivity index (χ4v) is 2.43. The molecule has 0 aliphatic rings. The number of nitrogens with zero attached hydrogens (tertiary/aromatic N) is 4. The van der Waals surface area contributed by atoms with Gasteiger partial charge in [-0.05, 0) is 48.9 Å². The van der Waals surface area contributed by atoms with E-state index < -0.39 is 23.8 Å². The number of aromatic nitrogens is 4. The van der Waals surface area contributed by atoms with Crippen LogP contribution in [0.15, 0.2) is 42.6 Å². The minimum Gasteiger partial charge on any atom is -0.380 e. The van der Waals surface area contributed by atoms with E-state index in [9.17, 15) is 22.7 Å². The minimum absolute atomic E-state index is 0.0000751. The number of halogens is 4. The zero-order chi connectivity index (χ0) is 18.9. The van der Waals surface area contributed by atoms with Crippen LogP contribution in [0.25, 0.3) is 11.4 Å². The van der Waals surface area contributed by atoms with Crippen molar-refractivity contribution in [3.05, 3.63) is 65.5 Å². The van der Waals surface area contributed by atoms with Gasteiger partial charge in [0.15, 0.2) is 11.6 Å². The molecule has 0 spiro atoms. The van der Waals surface area contributed by atoms with Gasteiger partial charge in [-0.15, -0.1) is 0 Å². The molecule has 1 unspecified atom stereocenters. The molecule has 26 heavy (non-hydrogen) atoms. The lowest BCUT2D eigenvalue weighted by Crippen LogP contribution is -2.13. The van der Waals surface area contributed by atoms with Crippen LogP contribution in [-0.2, 0) is 12.7 Å². The van der Waals surface area contributed by atoms with Crippen LogP contribution < -0.4 is 0 Å². The highest BCUT2D eigenvalue weighted by Crippen LogP contribution is 2.30. The Morgan fingerprint density at radius 1 is 1.15 bits per heavy atom. The van der Waals surface area contributed by atoms with Crippen molar-refractivity contribution in [1.29, 1.82) is 0 Å². The third kappa shape index (κ3) is 3.57. The summed E-state index contributed by atoms with van der Waals surface area (Å²) < 4.78 is 52.9. The van der Waals surface area contributed by atoms with Crippen molar-refractivity contribution in [1.82, 2.24) is 19.7 Å². The van der Waals surface area contributed by atoms with E-state index in [2.05, 4.69) is 15.1 Å². The largest absolute Gasteiger partial charge is 0.433 e. The predicted octanol–water partition coefficient (Wildman–Crippen LogP) is 3.60. The van der Waals surface area contributed by atoms with Crippen molar-refractivity contribution in [3.63, 3.8) is 0 Å². The van der Waals surface area contributed by atoms with Gasteiger partial charge in [0.2, 0.25) is 0 Å². The Kier molecular flexibility index (Phi) is 4.73. The maximum absolute atomic E-state index is 13.1. The van der Waals surface area contributed by atoms with Crippen LogP contribution in [0.4, 0.5) is 17.6 Å². The SMILES string of the molecule is CCn1nc(-c2ccc(F)cc2)nc1C(O)c1ccnc(C(F)(F)F)c1. The number of benzene rings is 1. The highest BCUT2D eigenvalue weighted by atomic mass is 19.4. The molecule has 0 saturated carbocycles. The van der Waals surface area contributed by atoms with Gasteiger partial charge in [-0.2, -0.15) is 18.3 Å². The summed E-state index contributed by atoms with van der Waals surface area (Å²) in [7, 11) is 0. The normalized spacial score (nSPS) is 13.0. The zero-order valence-corrected chi connectivity index (χ0v) is 13.6. The van der Waals surface area contributed by atoms with Crippen LogP contribution in [-0.4, -0.2) is 24.9 Å². The van der Waals surface area contributed by atoms with Crippen molar-refractivity contribution in [3.8, 4) is 11.4 Å². The molecule has 2 aromatic heterocycles. The lowest BCUT2D eigenvalue weighted by Gasteiger charge is -2.13. The van der Waals surface area contributed by atoms with Crippen LogP contribution in [0.5, 0.6) is 0 Å². The molecule has 0 radical (unpaired) electrons. The second kappa shape index (κ2) is 6.83. The van der Waals surface area contributed by atoms with Crippen molar-refractivity contribution < 1.29 is 22.7 Å². The van der Waals surface area contributed by atoms with Crippen LogP contribution in [0, 0.1) is 5.82 Å². The Balaban J connectivity index is 1.99. The molecule has 0 aliphatic heterocycles. The van der Waals surface area contributed by atoms with E-state index >= 15 is 0 Å². The summed E-state index contributed by atoms with van der Waals surface area (Å²) in [6.45, 7) is 2.10. The lowest BCUT2D eigenvalue weighted by atomic mass is 10.1. The number of rotatable bonds is 4. The number of hydrogen-bond donors (Lipinski definition) is 1. The van der Waals surface area contributed by atoms with Gasteiger partial charge >= 0.3 is 6.18 Å².